The van der Waals surface area contributed by atoms with Crippen molar-refractivity contribution in [3.8, 4) is 0 Å². The fourth-order valence-corrected chi connectivity index (χ4v) is 6.49. The highest BCUT2D eigenvalue weighted by Gasteiger charge is 2.69. The molecule has 15 heavy (non-hydrogen) atoms. The fourth-order valence-electron chi connectivity index (χ4n) is 6.49. The summed E-state index contributed by atoms with van der Waals surface area (Å²) in [6.07, 6.45) is 9.08. The minimum absolute atomic E-state index is 0.625. The van der Waals surface area contributed by atoms with Crippen LogP contribution < -0.4 is 0 Å². The van der Waals surface area contributed by atoms with Gasteiger partial charge in [0.15, 0.2) is 0 Å². The Labute approximate surface area is 94.8 Å². The Morgan fingerprint density at radius 1 is 1.00 bits per heavy atom. The average Bonchev–Trinajstić information content (AvgIpc) is 2.62. The van der Waals surface area contributed by atoms with E-state index >= 15 is 0 Å². The molecule has 3 aliphatic rings. The second-order valence-electron chi connectivity index (χ2n) is 7.65. The van der Waals surface area contributed by atoms with E-state index in [-0.39, 0.29) is 0 Å². The van der Waals surface area contributed by atoms with Crippen molar-refractivity contribution in [2.75, 3.05) is 0 Å². The summed E-state index contributed by atoms with van der Waals surface area (Å²) >= 11 is 0. The zero-order valence-corrected chi connectivity index (χ0v) is 10.9. The van der Waals surface area contributed by atoms with Crippen LogP contribution in [0.15, 0.2) is 0 Å². The van der Waals surface area contributed by atoms with Crippen molar-refractivity contribution >= 4 is 0 Å². The lowest BCUT2D eigenvalue weighted by Crippen LogP contribution is -2.37. The third-order valence-electron chi connectivity index (χ3n) is 6.62. The van der Waals surface area contributed by atoms with Gasteiger partial charge in [-0.3, -0.25) is 0 Å². The Balaban J connectivity index is 2.12. The molecule has 1 spiro atoms. The van der Waals surface area contributed by atoms with E-state index < -0.39 is 0 Å². The molecular weight excluding hydrogens is 180 g/mol. The van der Waals surface area contributed by atoms with E-state index in [0.29, 0.717) is 10.8 Å². The summed E-state index contributed by atoms with van der Waals surface area (Å²) in [5.41, 5.74) is 2.06. The highest BCUT2D eigenvalue weighted by molar-refractivity contribution is 5.18. The van der Waals surface area contributed by atoms with Crippen LogP contribution >= 0.6 is 0 Å². The zero-order chi connectivity index (χ0) is 10.9. The van der Waals surface area contributed by atoms with Gasteiger partial charge in [-0.25, -0.2) is 0 Å². The van der Waals surface area contributed by atoms with Crippen molar-refractivity contribution in [2.24, 2.45) is 28.1 Å². The summed E-state index contributed by atoms with van der Waals surface area (Å²) < 4.78 is 0. The molecule has 0 radical (unpaired) electrons. The van der Waals surface area contributed by atoms with Gasteiger partial charge in [0.1, 0.15) is 0 Å². The Morgan fingerprint density at radius 3 is 2.47 bits per heavy atom. The third-order valence-corrected chi connectivity index (χ3v) is 6.62. The summed E-state index contributed by atoms with van der Waals surface area (Å²) in [7, 11) is 0. The van der Waals surface area contributed by atoms with Gasteiger partial charge in [-0.05, 0) is 60.2 Å². The Bertz CT molecular complexity index is 290. The molecule has 0 heterocycles. The molecule has 0 nitrogen and oxygen atoms in total. The monoisotopic (exact) mass is 206 g/mol. The molecule has 4 atom stereocenters. The standard InChI is InChI=1S/C15H26/c1-11-6-7-12-13(2,3)10-14(4)8-5-9-15(11,12)14/h11-12H,5-10H2,1-4H3/t11-,12+,14+,15+/m1/s1. The maximum Gasteiger partial charge on any atom is -0.0184 e. The first-order valence-corrected chi connectivity index (χ1v) is 6.92. The second kappa shape index (κ2) is 2.63. The average molecular weight is 206 g/mol. The van der Waals surface area contributed by atoms with Crippen LogP contribution in [0.3, 0.4) is 0 Å². The molecule has 3 fully saturated rings. The molecule has 86 valence electrons. The van der Waals surface area contributed by atoms with Crippen LogP contribution in [0.5, 0.6) is 0 Å². The molecule has 0 aromatic carbocycles. The number of hydrogen-bond donors (Lipinski definition) is 0. The maximum atomic E-state index is 2.61. The Kier molecular flexibility index (Phi) is 1.78. The second-order valence-corrected chi connectivity index (χ2v) is 7.65. The topological polar surface area (TPSA) is 0 Å². The largest absolute Gasteiger partial charge is 0.0619 e. The van der Waals surface area contributed by atoms with E-state index in [9.17, 15) is 0 Å². The lowest BCUT2D eigenvalue weighted by molar-refractivity contribution is 0.0539. The quantitative estimate of drug-likeness (QED) is 0.541. The molecule has 0 unspecified atom stereocenters. The summed E-state index contributed by atoms with van der Waals surface area (Å²) in [6.45, 7) is 10.2. The van der Waals surface area contributed by atoms with Gasteiger partial charge in [-0.2, -0.15) is 0 Å². The fraction of sp³-hybridized carbons (Fsp3) is 1.00. The minimum atomic E-state index is 0.625. The lowest BCUT2D eigenvalue weighted by Gasteiger charge is -2.42. The first-order valence-electron chi connectivity index (χ1n) is 6.92. The molecule has 0 heteroatoms. The van der Waals surface area contributed by atoms with Gasteiger partial charge in [0.25, 0.3) is 0 Å². The molecule has 3 saturated carbocycles. The molecule has 0 N–H and O–H groups in total. The van der Waals surface area contributed by atoms with Crippen LogP contribution in [0.2, 0.25) is 0 Å². The third kappa shape index (κ3) is 0.953. The molecule has 0 bridgehead atoms. The van der Waals surface area contributed by atoms with E-state index in [2.05, 4.69) is 27.7 Å². The van der Waals surface area contributed by atoms with Crippen molar-refractivity contribution in [2.45, 2.75) is 66.2 Å². The molecule has 0 aromatic rings. The summed E-state index contributed by atoms with van der Waals surface area (Å²) in [4.78, 5) is 0. The van der Waals surface area contributed by atoms with Gasteiger partial charge >= 0.3 is 0 Å². The molecule has 0 aliphatic heterocycles. The van der Waals surface area contributed by atoms with Gasteiger partial charge in [0, 0.05) is 0 Å². The SMILES string of the molecule is C[C@@H]1CC[C@H]2C(C)(C)C[C@]3(C)CCC[C@]123. The zero-order valence-electron chi connectivity index (χ0n) is 10.9. The molecule has 0 amide bonds. The van der Waals surface area contributed by atoms with Crippen LogP contribution in [0.1, 0.15) is 66.2 Å². The summed E-state index contributed by atoms with van der Waals surface area (Å²) in [6, 6.07) is 0. The van der Waals surface area contributed by atoms with Gasteiger partial charge in [-0.1, -0.05) is 34.1 Å². The van der Waals surface area contributed by atoms with Crippen LogP contribution in [0.25, 0.3) is 0 Å². The number of hydrogen-bond acceptors (Lipinski definition) is 0. The van der Waals surface area contributed by atoms with Crippen LogP contribution in [0, 0.1) is 28.1 Å². The van der Waals surface area contributed by atoms with Crippen LogP contribution in [-0.2, 0) is 0 Å². The summed E-state index contributed by atoms with van der Waals surface area (Å²) in [5.74, 6) is 2.03. The number of rotatable bonds is 0. The molecular formula is C15H26. The van der Waals surface area contributed by atoms with Gasteiger partial charge < -0.3 is 0 Å². The minimum Gasteiger partial charge on any atom is -0.0619 e. The summed E-state index contributed by atoms with van der Waals surface area (Å²) in [5, 5.41) is 0. The van der Waals surface area contributed by atoms with Gasteiger partial charge in [0.2, 0.25) is 0 Å². The van der Waals surface area contributed by atoms with E-state index in [1.54, 1.807) is 6.42 Å². The lowest BCUT2D eigenvalue weighted by atomic mass is 9.62. The van der Waals surface area contributed by atoms with E-state index in [4.69, 9.17) is 0 Å². The molecule has 3 rings (SSSR count). The van der Waals surface area contributed by atoms with Gasteiger partial charge in [-0.15, -0.1) is 0 Å². The first kappa shape index (κ1) is 10.2. The highest BCUT2D eigenvalue weighted by Crippen LogP contribution is 2.77. The van der Waals surface area contributed by atoms with Crippen molar-refractivity contribution < 1.29 is 0 Å². The normalized spacial score (nSPS) is 56.8. The molecule has 0 aromatic heterocycles. The Hall–Kier alpha value is 0. The van der Waals surface area contributed by atoms with E-state index in [1.165, 1.54) is 32.1 Å². The molecule has 3 aliphatic carbocycles. The van der Waals surface area contributed by atoms with Crippen LogP contribution in [-0.4, -0.2) is 0 Å². The van der Waals surface area contributed by atoms with Crippen molar-refractivity contribution in [3.63, 3.8) is 0 Å². The van der Waals surface area contributed by atoms with Gasteiger partial charge in [0.05, 0.1) is 0 Å². The van der Waals surface area contributed by atoms with Crippen molar-refractivity contribution in [3.05, 3.63) is 0 Å². The highest BCUT2D eigenvalue weighted by atomic mass is 14.7. The van der Waals surface area contributed by atoms with Crippen LogP contribution in [0.4, 0.5) is 0 Å². The Morgan fingerprint density at radius 2 is 1.73 bits per heavy atom. The molecule has 0 saturated heterocycles. The maximum absolute atomic E-state index is 2.61. The smallest absolute Gasteiger partial charge is 0.0184 e. The van der Waals surface area contributed by atoms with E-state index in [0.717, 1.165) is 17.3 Å². The van der Waals surface area contributed by atoms with Crippen molar-refractivity contribution in [1.82, 2.24) is 0 Å². The first-order chi connectivity index (χ1) is 6.92. The van der Waals surface area contributed by atoms with E-state index in [1.807, 2.05) is 0 Å². The predicted molar refractivity (Wildman–Crippen MR) is 64.7 cm³/mol. The predicted octanol–water partition coefficient (Wildman–Crippen LogP) is 4.64. The van der Waals surface area contributed by atoms with Crippen molar-refractivity contribution in [1.29, 1.82) is 0 Å².